The standard InChI is InChI=1S/C22H38N4O3/c1-23-22(24-12-6-9-15-29-17-16-27-2)25-18-20(26-13-7-8-14-26)19-10-4-5-11-21(19)28-3/h4-5,10-11,20H,6-9,12-18H2,1-3H3,(H2,23,24,25). The first kappa shape index (κ1) is 23.4. The average molecular weight is 407 g/mol. The highest BCUT2D eigenvalue weighted by molar-refractivity contribution is 5.79. The Hall–Kier alpha value is -1.83. The minimum absolute atomic E-state index is 0.265. The summed E-state index contributed by atoms with van der Waals surface area (Å²) in [4.78, 5) is 6.92. The molecule has 1 aromatic carbocycles. The predicted molar refractivity (Wildman–Crippen MR) is 118 cm³/mol. The largest absolute Gasteiger partial charge is 0.496 e. The Labute approximate surface area is 175 Å². The summed E-state index contributed by atoms with van der Waals surface area (Å²) in [6, 6.07) is 8.59. The third-order valence-electron chi connectivity index (χ3n) is 5.21. The fourth-order valence-electron chi connectivity index (χ4n) is 3.62. The van der Waals surface area contributed by atoms with E-state index in [1.165, 1.54) is 18.4 Å². The predicted octanol–water partition coefficient (Wildman–Crippen LogP) is 2.44. The smallest absolute Gasteiger partial charge is 0.191 e. The molecule has 1 saturated heterocycles. The Balaban J connectivity index is 1.81. The first-order chi connectivity index (χ1) is 14.3. The molecular weight excluding hydrogens is 368 g/mol. The van der Waals surface area contributed by atoms with Crippen LogP contribution in [0.1, 0.15) is 37.3 Å². The molecule has 0 saturated carbocycles. The van der Waals surface area contributed by atoms with Crippen molar-refractivity contribution in [1.29, 1.82) is 0 Å². The van der Waals surface area contributed by atoms with Gasteiger partial charge in [0.15, 0.2) is 5.96 Å². The second kappa shape index (κ2) is 14.2. The molecule has 1 unspecified atom stereocenters. The SMILES string of the molecule is CN=C(NCCCCOCCOC)NCC(c1ccccc1OC)N1CCCC1. The van der Waals surface area contributed by atoms with E-state index in [-0.39, 0.29) is 6.04 Å². The van der Waals surface area contributed by atoms with Gasteiger partial charge in [0.2, 0.25) is 0 Å². The molecule has 2 rings (SSSR count). The number of ether oxygens (including phenoxy) is 3. The van der Waals surface area contributed by atoms with E-state index < -0.39 is 0 Å². The number of nitrogens with zero attached hydrogens (tertiary/aromatic N) is 2. The topological polar surface area (TPSA) is 67.4 Å². The molecule has 0 spiro atoms. The molecule has 1 heterocycles. The van der Waals surface area contributed by atoms with E-state index in [9.17, 15) is 0 Å². The van der Waals surface area contributed by atoms with Crippen molar-refractivity contribution in [3.8, 4) is 5.75 Å². The number of hydrogen-bond donors (Lipinski definition) is 2. The summed E-state index contributed by atoms with van der Waals surface area (Å²) in [6.45, 7) is 5.99. The minimum Gasteiger partial charge on any atom is -0.496 e. The summed E-state index contributed by atoms with van der Waals surface area (Å²) in [7, 11) is 5.25. The second-order valence-corrected chi connectivity index (χ2v) is 7.19. The van der Waals surface area contributed by atoms with E-state index in [1.807, 2.05) is 19.2 Å². The second-order valence-electron chi connectivity index (χ2n) is 7.19. The summed E-state index contributed by atoms with van der Waals surface area (Å²) in [5, 5.41) is 6.92. The molecule has 1 atom stereocenters. The van der Waals surface area contributed by atoms with Crippen LogP contribution in [0.3, 0.4) is 0 Å². The maximum Gasteiger partial charge on any atom is 0.191 e. The van der Waals surface area contributed by atoms with Crippen LogP contribution in [-0.4, -0.2) is 78.1 Å². The van der Waals surface area contributed by atoms with Crippen molar-refractivity contribution in [2.75, 3.05) is 67.3 Å². The molecule has 0 radical (unpaired) electrons. The van der Waals surface area contributed by atoms with E-state index >= 15 is 0 Å². The number of methoxy groups -OCH3 is 2. The number of unbranched alkanes of at least 4 members (excludes halogenated alkanes) is 1. The highest BCUT2D eigenvalue weighted by Crippen LogP contribution is 2.31. The van der Waals surface area contributed by atoms with Crippen molar-refractivity contribution in [3.63, 3.8) is 0 Å². The molecule has 1 fully saturated rings. The highest BCUT2D eigenvalue weighted by atomic mass is 16.5. The van der Waals surface area contributed by atoms with Gasteiger partial charge in [-0.3, -0.25) is 9.89 Å². The lowest BCUT2D eigenvalue weighted by atomic mass is 10.0. The van der Waals surface area contributed by atoms with E-state index in [4.69, 9.17) is 14.2 Å². The molecule has 2 N–H and O–H groups in total. The number of hydrogen-bond acceptors (Lipinski definition) is 5. The number of aliphatic imine (C=N–C) groups is 1. The van der Waals surface area contributed by atoms with Gasteiger partial charge in [-0.2, -0.15) is 0 Å². The van der Waals surface area contributed by atoms with Crippen LogP contribution in [0.2, 0.25) is 0 Å². The van der Waals surface area contributed by atoms with E-state index in [0.29, 0.717) is 13.2 Å². The van der Waals surface area contributed by atoms with Crippen LogP contribution < -0.4 is 15.4 Å². The van der Waals surface area contributed by atoms with Crippen molar-refractivity contribution >= 4 is 5.96 Å². The highest BCUT2D eigenvalue weighted by Gasteiger charge is 2.25. The Morgan fingerprint density at radius 2 is 1.86 bits per heavy atom. The maximum absolute atomic E-state index is 5.63. The van der Waals surface area contributed by atoms with Gasteiger partial charge in [-0.25, -0.2) is 0 Å². The zero-order valence-corrected chi connectivity index (χ0v) is 18.3. The molecule has 1 aliphatic rings. The Bertz CT molecular complexity index is 591. The first-order valence-electron chi connectivity index (χ1n) is 10.7. The zero-order valence-electron chi connectivity index (χ0n) is 18.3. The van der Waals surface area contributed by atoms with Gasteiger partial charge in [-0.1, -0.05) is 18.2 Å². The van der Waals surface area contributed by atoms with Gasteiger partial charge < -0.3 is 24.8 Å². The van der Waals surface area contributed by atoms with Gasteiger partial charge in [0.1, 0.15) is 5.75 Å². The summed E-state index contributed by atoms with van der Waals surface area (Å²) < 4.78 is 16.1. The monoisotopic (exact) mass is 406 g/mol. The molecular formula is C22H38N4O3. The number of para-hydroxylation sites is 1. The molecule has 1 aliphatic heterocycles. The summed E-state index contributed by atoms with van der Waals surface area (Å²) in [5.74, 6) is 1.78. The van der Waals surface area contributed by atoms with Gasteiger partial charge in [-0.15, -0.1) is 0 Å². The Kier molecular flexibility index (Phi) is 11.5. The van der Waals surface area contributed by atoms with Gasteiger partial charge in [0.25, 0.3) is 0 Å². The molecule has 0 aliphatic carbocycles. The van der Waals surface area contributed by atoms with Gasteiger partial charge in [-0.05, 0) is 44.8 Å². The Morgan fingerprint density at radius 1 is 1.07 bits per heavy atom. The van der Waals surface area contributed by atoms with Crippen molar-refractivity contribution in [1.82, 2.24) is 15.5 Å². The Morgan fingerprint density at radius 3 is 2.59 bits per heavy atom. The van der Waals surface area contributed by atoms with Crippen molar-refractivity contribution in [2.45, 2.75) is 31.7 Å². The molecule has 1 aromatic rings. The van der Waals surface area contributed by atoms with Crippen LogP contribution in [0.5, 0.6) is 5.75 Å². The summed E-state index contributed by atoms with van der Waals surface area (Å²) in [5.41, 5.74) is 1.23. The first-order valence-corrected chi connectivity index (χ1v) is 10.7. The minimum atomic E-state index is 0.265. The van der Waals surface area contributed by atoms with Gasteiger partial charge in [0, 0.05) is 39.4 Å². The molecule has 164 valence electrons. The van der Waals surface area contributed by atoms with E-state index in [0.717, 1.165) is 57.3 Å². The van der Waals surface area contributed by atoms with Crippen molar-refractivity contribution in [2.24, 2.45) is 4.99 Å². The molecule has 0 amide bonds. The van der Waals surface area contributed by atoms with Gasteiger partial charge >= 0.3 is 0 Å². The lowest BCUT2D eigenvalue weighted by Gasteiger charge is -2.30. The third-order valence-corrected chi connectivity index (χ3v) is 5.21. The van der Waals surface area contributed by atoms with Crippen LogP contribution >= 0.6 is 0 Å². The number of benzene rings is 1. The van der Waals surface area contributed by atoms with Crippen LogP contribution in [0, 0.1) is 0 Å². The fraction of sp³-hybridized carbons (Fsp3) is 0.682. The number of guanidine groups is 1. The molecule has 7 heteroatoms. The lowest BCUT2D eigenvalue weighted by molar-refractivity contribution is 0.0689. The van der Waals surface area contributed by atoms with Crippen LogP contribution in [0.15, 0.2) is 29.3 Å². The number of rotatable bonds is 13. The lowest BCUT2D eigenvalue weighted by Crippen LogP contribution is -2.43. The summed E-state index contributed by atoms with van der Waals surface area (Å²) >= 11 is 0. The number of nitrogens with one attached hydrogen (secondary N) is 2. The van der Waals surface area contributed by atoms with Gasteiger partial charge in [0.05, 0.1) is 26.4 Å². The van der Waals surface area contributed by atoms with Crippen LogP contribution in [0.25, 0.3) is 0 Å². The normalized spacial score (nSPS) is 16.0. The van der Waals surface area contributed by atoms with Crippen LogP contribution in [-0.2, 0) is 9.47 Å². The van der Waals surface area contributed by atoms with E-state index in [2.05, 4.69) is 32.7 Å². The molecule has 29 heavy (non-hydrogen) atoms. The summed E-state index contributed by atoms with van der Waals surface area (Å²) in [6.07, 6.45) is 4.57. The van der Waals surface area contributed by atoms with E-state index in [1.54, 1.807) is 14.2 Å². The van der Waals surface area contributed by atoms with Crippen molar-refractivity contribution in [3.05, 3.63) is 29.8 Å². The zero-order chi connectivity index (χ0) is 20.7. The third kappa shape index (κ3) is 8.20. The fourth-order valence-corrected chi connectivity index (χ4v) is 3.62. The van der Waals surface area contributed by atoms with Crippen LogP contribution in [0.4, 0.5) is 0 Å². The molecule has 0 bridgehead atoms. The van der Waals surface area contributed by atoms with Crippen molar-refractivity contribution < 1.29 is 14.2 Å². The molecule has 0 aromatic heterocycles. The average Bonchev–Trinajstić information content (AvgIpc) is 3.29. The number of likely N-dealkylation sites (tertiary alicyclic amines) is 1. The maximum atomic E-state index is 5.63. The molecule has 7 nitrogen and oxygen atoms in total. The quantitative estimate of drug-likeness (QED) is 0.298.